The molecule has 170 valence electrons. The quantitative estimate of drug-likeness (QED) is 0.445. The molecule has 0 aliphatic heterocycles. The first-order valence-electron chi connectivity index (χ1n) is 10.3. The molecule has 1 saturated carbocycles. The number of hydrogen-bond donors (Lipinski definition) is 0. The second-order valence-corrected chi connectivity index (χ2v) is 8.03. The lowest BCUT2D eigenvalue weighted by Crippen LogP contribution is -2.23. The molecule has 11 heteroatoms. The fourth-order valence-electron chi connectivity index (χ4n) is 4.03. The van der Waals surface area contributed by atoms with Crippen LogP contribution in [0, 0.1) is 6.92 Å². The van der Waals surface area contributed by atoms with Gasteiger partial charge in [0, 0.05) is 12.1 Å². The fourth-order valence-corrected chi connectivity index (χ4v) is 4.03. The molecule has 0 saturated heterocycles. The van der Waals surface area contributed by atoms with Crippen molar-refractivity contribution in [1.82, 2.24) is 24.7 Å². The number of aromatic nitrogens is 5. The third kappa shape index (κ3) is 4.30. The van der Waals surface area contributed by atoms with Crippen LogP contribution in [-0.4, -0.2) is 31.0 Å². The Morgan fingerprint density at radius 1 is 1.12 bits per heavy atom. The number of halogens is 3. The van der Waals surface area contributed by atoms with E-state index in [-0.39, 0.29) is 29.7 Å². The molecule has 0 atom stereocenters. The molecule has 8 nitrogen and oxygen atoms in total. The number of hydrogen-bond acceptors (Lipinski definition) is 7. The molecule has 5 rings (SSSR count). The van der Waals surface area contributed by atoms with Crippen LogP contribution in [0.3, 0.4) is 0 Å². The number of benzene rings is 1. The van der Waals surface area contributed by atoms with Gasteiger partial charge >= 0.3 is 6.36 Å². The van der Waals surface area contributed by atoms with Crippen molar-refractivity contribution < 1.29 is 22.4 Å². The highest BCUT2D eigenvalue weighted by molar-refractivity contribution is 5.76. The Balaban J connectivity index is 1.24. The van der Waals surface area contributed by atoms with E-state index in [9.17, 15) is 18.0 Å². The number of fused-ring (bicyclic) bond motifs is 1. The number of aryl methyl sites for hydroxylation is 1. The molecule has 1 aliphatic carbocycles. The van der Waals surface area contributed by atoms with Crippen LogP contribution in [0.2, 0.25) is 0 Å². The maximum atomic E-state index is 12.8. The van der Waals surface area contributed by atoms with Gasteiger partial charge in [-0.1, -0.05) is 17.3 Å². The van der Waals surface area contributed by atoms with E-state index in [4.69, 9.17) is 4.52 Å². The van der Waals surface area contributed by atoms with Crippen LogP contribution in [0.1, 0.15) is 47.5 Å². The molecule has 0 bridgehead atoms. The fraction of sp³-hybridized carbons (Fsp3) is 0.318. The van der Waals surface area contributed by atoms with Gasteiger partial charge in [-0.25, -0.2) is 9.97 Å². The van der Waals surface area contributed by atoms with E-state index in [1.165, 1.54) is 23.0 Å². The third-order valence-electron chi connectivity index (χ3n) is 5.81. The van der Waals surface area contributed by atoms with E-state index in [1.54, 1.807) is 24.4 Å². The van der Waals surface area contributed by atoms with Crippen molar-refractivity contribution >= 4 is 11.0 Å². The summed E-state index contributed by atoms with van der Waals surface area (Å²) in [6, 6.07) is 7.66. The SMILES string of the molecule is Cc1ccnc2ncn(Cc3nc(C4CC(c5ccc(OC(F)(F)F)cc5)C4)no3)c(=O)c12. The second-order valence-electron chi connectivity index (χ2n) is 8.03. The predicted molar refractivity (Wildman–Crippen MR) is 110 cm³/mol. The molecule has 1 aromatic carbocycles. The zero-order valence-electron chi connectivity index (χ0n) is 17.4. The first-order valence-corrected chi connectivity index (χ1v) is 10.3. The Kier molecular flexibility index (Phi) is 5.10. The molecule has 0 radical (unpaired) electrons. The number of alkyl halides is 3. The lowest BCUT2D eigenvalue weighted by molar-refractivity contribution is -0.274. The average molecular weight is 457 g/mol. The molecule has 33 heavy (non-hydrogen) atoms. The van der Waals surface area contributed by atoms with Crippen LogP contribution >= 0.6 is 0 Å². The largest absolute Gasteiger partial charge is 0.573 e. The van der Waals surface area contributed by atoms with Gasteiger partial charge in [0.2, 0.25) is 5.89 Å². The van der Waals surface area contributed by atoms with Gasteiger partial charge < -0.3 is 9.26 Å². The van der Waals surface area contributed by atoms with Crippen LogP contribution < -0.4 is 10.3 Å². The average Bonchev–Trinajstić information content (AvgIpc) is 3.17. The molecule has 0 N–H and O–H groups in total. The summed E-state index contributed by atoms with van der Waals surface area (Å²) in [5, 5.41) is 4.50. The van der Waals surface area contributed by atoms with E-state index in [1.807, 2.05) is 6.92 Å². The minimum atomic E-state index is -4.71. The van der Waals surface area contributed by atoms with Crippen LogP contribution in [0.25, 0.3) is 11.0 Å². The molecule has 3 aromatic heterocycles. The lowest BCUT2D eigenvalue weighted by Gasteiger charge is -2.33. The topological polar surface area (TPSA) is 95.9 Å². The summed E-state index contributed by atoms with van der Waals surface area (Å²) in [6.45, 7) is 1.92. The Hall–Kier alpha value is -3.76. The van der Waals surface area contributed by atoms with Crippen molar-refractivity contribution in [3.63, 3.8) is 0 Å². The van der Waals surface area contributed by atoms with E-state index < -0.39 is 6.36 Å². The van der Waals surface area contributed by atoms with E-state index in [2.05, 4.69) is 24.8 Å². The van der Waals surface area contributed by atoms with Crippen LogP contribution in [0.15, 0.2) is 52.2 Å². The normalized spacial score (nSPS) is 18.3. The standard InChI is InChI=1S/C22H18F3N5O3/c1-12-6-7-26-20-18(12)21(31)30(11-27-20)10-17-28-19(29-33-17)15-8-14(9-15)13-2-4-16(5-3-13)32-22(23,24)25/h2-7,11,14-15H,8-10H2,1H3. The van der Waals surface area contributed by atoms with Gasteiger partial charge in [0.15, 0.2) is 11.5 Å². The molecule has 4 aromatic rings. The van der Waals surface area contributed by atoms with Crippen molar-refractivity contribution in [2.75, 3.05) is 0 Å². The highest BCUT2D eigenvalue weighted by Crippen LogP contribution is 2.46. The van der Waals surface area contributed by atoms with E-state index >= 15 is 0 Å². The number of rotatable bonds is 5. The van der Waals surface area contributed by atoms with Gasteiger partial charge in [0.1, 0.15) is 18.6 Å². The number of nitrogens with zero attached hydrogens (tertiary/aromatic N) is 5. The Morgan fingerprint density at radius 3 is 2.61 bits per heavy atom. The molecule has 1 aliphatic rings. The highest BCUT2D eigenvalue weighted by Gasteiger charge is 2.35. The molecular formula is C22H18F3N5O3. The summed E-state index contributed by atoms with van der Waals surface area (Å²) < 4.78 is 47.5. The van der Waals surface area contributed by atoms with Crippen LogP contribution in [0.4, 0.5) is 13.2 Å². The maximum absolute atomic E-state index is 12.8. The third-order valence-corrected chi connectivity index (χ3v) is 5.81. The maximum Gasteiger partial charge on any atom is 0.573 e. The Bertz CT molecular complexity index is 1360. The molecule has 0 amide bonds. The van der Waals surface area contributed by atoms with Crippen LogP contribution in [-0.2, 0) is 6.54 Å². The minimum Gasteiger partial charge on any atom is -0.406 e. The monoisotopic (exact) mass is 457 g/mol. The van der Waals surface area contributed by atoms with Gasteiger partial charge in [0.05, 0.1) is 5.39 Å². The molecule has 0 spiro atoms. The van der Waals surface area contributed by atoms with Crippen LogP contribution in [0.5, 0.6) is 5.75 Å². The smallest absolute Gasteiger partial charge is 0.406 e. The van der Waals surface area contributed by atoms with Crippen molar-refractivity contribution in [3.8, 4) is 5.75 Å². The summed E-state index contributed by atoms with van der Waals surface area (Å²) >= 11 is 0. The summed E-state index contributed by atoms with van der Waals surface area (Å²) in [7, 11) is 0. The van der Waals surface area contributed by atoms with Gasteiger partial charge in [0.25, 0.3) is 5.56 Å². The Labute approximate surface area is 185 Å². The minimum absolute atomic E-state index is 0.0801. The van der Waals surface area contributed by atoms with E-state index in [0.29, 0.717) is 22.7 Å². The van der Waals surface area contributed by atoms with Crippen molar-refractivity contribution in [2.45, 2.75) is 44.5 Å². The van der Waals surface area contributed by atoms with Crippen molar-refractivity contribution in [3.05, 3.63) is 76.1 Å². The van der Waals surface area contributed by atoms with E-state index in [0.717, 1.165) is 24.0 Å². The first kappa shape index (κ1) is 21.1. The number of pyridine rings is 1. The Morgan fingerprint density at radius 2 is 1.88 bits per heavy atom. The van der Waals surface area contributed by atoms with Gasteiger partial charge in [-0.2, -0.15) is 4.98 Å². The molecule has 1 fully saturated rings. The molecule has 0 unspecified atom stereocenters. The molecule has 3 heterocycles. The van der Waals surface area contributed by atoms with Gasteiger partial charge in [-0.05, 0) is 55.0 Å². The molecular weight excluding hydrogens is 439 g/mol. The van der Waals surface area contributed by atoms with Gasteiger partial charge in [-0.15, -0.1) is 13.2 Å². The lowest BCUT2D eigenvalue weighted by atomic mass is 9.71. The summed E-state index contributed by atoms with van der Waals surface area (Å²) in [5.74, 6) is 0.885. The highest BCUT2D eigenvalue weighted by atomic mass is 19.4. The summed E-state index contributed by atoms with van der Waals surface area (Å²) in [6.07, 6.45) is -0.188. The van der Waals surface area contributed by atoms with Gasteiger partial charge in [-0.3, -0.25) is 9.36 Å². The van der Waals surface area contributed by atoms with Crippen molar-refractivity contribution in [1.29, 1.82) is 0 Å². The van der Waals surface area contributed by atoms with Crippen molar-refractivity contribution in [2.24, 2.45) is 0 Å². The predicted octanol–water partition coefficient (Wildman–Crippen LogP) is 4.09. The number of ether oxygens (including phenoxy) is 1. The first-order chi connectivity index (χ1) is 15.8. The zero-order valence-corrected chi connectivity index (χ0v) is 17.4. The summed E-state index contributed by atoms with van der Waals surface area (Å²) in [5.41, 5.74) is 1.88. The summed E-state index contributed by atoms with van der Waals surface area (Å²) in [4.78, 5) is 25.6. The zero-order chi connectivity index (χ0) is 23.2. The second kappa shape index (κ2) is 7.98.